The first kappa shape index (κ1) is 15.0. The van der Waals surface area contributed by atoms with Gasteiger partial charge in [-0.15, -0.1) is 0 Å². The molecule has 0 unspecified atom stereocenters. The number of aromatic nitrogens is 3. The van der Waals surface area contributed by atoms with Crippen molar-refractivity contribution < 1.29 is 14.0 Å². The number of aryl methyl sites for hydroxylation is 2. The van der Waals surface area contributed by atoms with Crippen molar-refractivity contribution in [1.29, 1.82) is 0 Å². The first-order valence-electron chi connectivity index (χ1n) is 6.93. The maximum atomic E-state index is 13.1. The van der Waals surface area contributed by atoms with E-state index >= 15 is 0 Å². The van der Waals surface area contributed by atoms with Crippen LogP contribution in [0.2, 0.25) is 0 Å². The molecule has 2 aromatic heterocycles. The largest absolute Gasteiger partial charge is 0.505 e. The summed E-state index contributed by atoms with van der Waals surface area (Å²) in [6.45, 7) is 3.69. The highest BCUT2D eigenvalue weighted by atomic mass is 19.1. The first-order valence-corrected chi connectivity index (χ1v) is 6.93. The molecule has 0 aliphatic heterocycles. The number of rotatable bonds is 3. The monoisotopic (exact) mass is 315 g/mol. The third-order valence-corrected chi connectivity index (χ3v) is 3.44. The van der Waals surface area contributed by atoms with Crippen LogP contribution < -0.4 is 5.56 Å². The fourth-order valence-corrected chi connectivity index (χ4v) is 2.31. The zero-order chi connectivity index (χ0) is 16.6. The molecule has 3 aromatic rings. The van der Waals surface area contributed by atoms with Crippen LogP contribution in [-0.2, 0) is 6.54 Å². The summed E-state index contributed by atoms with van der Waals surface area (Å²) >= 11 is 0. The Kier molecular flexibility index (Phi) is 3.69. The van der Waals surface area contributed by atoms with Gasteiger partial charge in [-0.05, 0) is 32.0 Å². The fraction of sp³-hybridized carbons (Fsp3) is 0.188. The number of benzene rings is 1. The average Bonchev–Trinajstić information content (AvgIpc) is 2.94. The number of phenols is 1. The second kappa shape index (κ2) is 5.68. The van der Waals surface area contributed by atoms with E-state index in [2.05, 4.69) is 10.1 Å². The van der Waals surface area contributed by atoms with Gasteiger partial charge in [0.05, 0.1) is 6.54 Å². The van der Waals surface area contributed by atoms with Crippen molar-refractivity contribution in [2.24, 2.45) is 0 Å². The summed E-state index contributed by atoms with van der Waals surface area (Å²) in [5.41, 5.74) is 1.45. The predicted octanol–water partition coefficient (Wildman–Crippen LogP) is 2.41. The smallest absolute Gasteiger partial charge is 0.254 e. The van der Waals surface area contributed by atoms with Crippen LogP contribution in [0.25, 0.3) is 11.3 Å². The van der Waals surface area contributed by atoms with Crippen molar-refractivity contribution in [2.45, 2.75) is 20.4 Å². The molecule has 0 spiro atoms. The molecular weight excluding hydrogens is 301 g/mol. The van der Waals surface area contributed by atoms with Gasteiger partial charge in [0.1, 0.15) is 11.5 Å². The molecule has 2 heterocycles. The van der Waals surface area contributed by atoms with Crippen LogP contribution in [0.4, 0.5) is 4.39 Å². The highest BCUT2D eigenvalue weighted by Gasteiger charge is 2.11. The summed E-state index contributed by atoms with van der Waals surface area (Å²) in [6.07, 6.45) is 0. The van der Waals surface area contributed by atoms with E-state index in [-0.39, 0.29) is 12.1 Å². The molecule has 23 heavy (non-hydrogen) atoms. The highest BCUT2D eigenvalue weighted by molar-refractivity contribution is 5.60. The van der Waals surface area contributed by atoms with E-state index in [0.29, 0.717) is 28.5 Å². The maximum absolute atomic E-state index is 13.1. The number of aromatic hydroxyl groups is 1. The molecule has 0 radical (unpaired) electrons. The van der Waals surface area contributed by atoms with Crippen LogP contribution in [0.3, 0.4) is 0 Å². The lowest BCUT2D eigenvalue weighted by atomic mass is 10.1. The summed E-state index contributed by atoms with van der Waals surface area (Å²) in [7, 11) is 0. The molecule has 0 saturated heterocycles. The van der Waals surface area contributed by atoms with E-state index in [1.807, 2.05) is 0 Å². The zero-order valence-electron chi connectivity index (χ0n) is 12.6. The molecule has 6 nitrogen and oxygen atoms in total. The lowest BCUT2D eigenvalue weighted by molar-refractivity contribution is 0.375. The van der Waals surface area contributed by atoms with Crippen LogP contribution in [-0.4, -0.2) is 19.8 Å². The van der Waals surface area contributed by atoms with Crippen molar-refractivity contribution in [3.05, 3.63) is 63.8 Å². The van der Waals surface area contributed by atoms with E-state index < -0.39 is 11.6 Å². The molecule has 0 amide bonds. The molecular formula is C16H14FN3O3. The third kappa shape index (κ3) is 2.98. The van der Waals surface area contributed by atoms with Gasteiger partial charge in [-0.3, -0.25) is 9.36 Å². The predicted molar refractivity (Wildman–Crippen MR) is 80.6 cm³/mol. The summed E-state index contributed by atoms with van der Waals surface area (Å²) in [5, 5.41) is 13.3. The van der Waals surface area contributed by atoms with Gasteiger partial charge in [0.15, 0.2) is 17.3 Å². The van der Waals surface area contributed by atoms with Gasteiger partial charge >= 0.3 is 0 Å². The molecule has 0 atom stereocenters. The van der Waals surface area contributed by atoms with Gasteiger partial charge in [-0.1, -0.05) is 5.16 Å². The van der Waals surface area contributed by atoms with Crippen LogP contribution in [0.15, 0.2) is 39.6 Å². The number of hydrogen-bond donors (Lipinski definition) is 1. The van der Waals surface area contributed by atoms with Crippen molar-refractivity contribution in [3.8, 4) is 17.0 Å². The normalized spacial score (nSPS) is 10.9. The van der Waals surface area contributed by atoms with Crippen molar-refractivity contribution in [1.82, 2.24) is 14.7 Å². The summed E-state index contributed by atoms with van der Waals surface area (Å²) in [5.74, 6) is -0.126. The minimum atomic E-state index is -0.703. The van der Waals surface area contributed by atoms with Crippen LogP contribution in [0.1, 0.15) is 17.3 Å². The van der Waals surface area contributed by atoms with Gasteiger partial charge in [0.2, 0.25) is 0 Å². The number of hydrogen-bond acceptors (Lipinski definition) is 5. The fourth-order valence-electron chi connectivity index (χ4n) is 2.31. The molecule has 0 aliphatic rings. The lowest BCUT2D eigenvalue weighted by Crippen LogP contribution is -2.23. The Balaban J connectivity index is 1.91. The summed E-state index contributed by atoms with van der Waals surface area (Å²) < 4.78 is 19.8. The molecule has 3 rings (SSSR count). The maximum Gasteiger partial charge on any atom is 0.254 e. The quantitative estimate of drug-likeness (QED) is 0.802. The second-order valence-electron chi connectivity index (χ2n) is 5.21. The standard InChI is InChI=1S/C16H14FN3O3/c1-9-5-16(22)20(10(2)18-9)8-12-7-14(19-23-12)11-3-4-13(17)15(21)6-11/h3-7,21H,8H2,1-2H3. The Bertz CT molecular complexity index is 931. The summed E-state index contributed by atoms with van der Waals surface area (Å²) in [4.78, 5) is 16.3. The lowest BCUT2D eigenvalue weighted by Gasteiger charge is -2.06. The van der Waals surface area contributed by atoms with Gasteiger partial charge in [-0.2, -0.15) is 0 Å². The SMILES string of the molecule is Cc1cc(=O)n(Cc2cc(-c3ccc(F)c(O)c3)no2)c(C)n1. The van der Waals surface area contributed by atoms with Crippen LogP contribution >= 0.6 is 0 Å². The minimum Gasteiger partial charge on any atom is -0.505 e. The molecule has 0 aliphatic carbocycles. The summed E-state index contributed by atoms with van der Waals surface area (Å²) in [6, 6.07) is 6.99. The molecule has 7 heteroatoms. The Morgan fingerprint density at radius 1 is 1.26 bits per heavy atom. The van der Waals surface area contributed by atoms with Gasteiger partial charge < -0.3 is 9.63 Å². The van der Waals surface area contributed by atoms with Crippen molar-refractivity contribution in [3.63, 3.8) is 0 Å². The first-order chi connectivity index (χ1) is 10.9. The van der Waals surface area contributed by atoms with E-state index in [0.717, 1.165) is 6.07 Å². The van der Waals surface area contributed by atoms with E-state index in [1.54, 1.807) is 19.9 Å². The van der Waals surface area contributed by atoms with Crippen molar-refractivity contribution in [2.75, 3.05) is 0 Å². The van der Waals surface area contributed by atoms with Crippen molar-refractivity contribution >= 4 is 0 Å². The number of halogens is 1. The highest BCUT2D eigenvalue weighted by Crippen LogP contribution is 2.25. The van der Waals surface area contributed by atoms with Crippen LogP contribution in [0.5, 0.6) is 5.75 Å². The molecule has 1 aromatic carbocycles. The molecule has 0 bridgehead atoms. The molecule has 1 N–H and O–H groups in total. The van der Waals surface area contributed by atoms with E-state index in [1.165, 1.54) is 22.8 Å². The zero-order valence-corrected chi connectivity index (χ0v) is 12.6. The Hall–Kier alpha value is -2.96. The number of nitrogens with zero attached hydrogens (tertiary/aromatic N) is 3. The van der Waals surface area contributed by atoms with E-state index in [4.69, 9.17) is 4.52 Å². The minimum absolute atomic E-state index is 0.174. The Morgan fingerprint density at radius 2 is 2.04 bits per heavy atom. The number of phenolic OH excluding ortho intramolecular Hbond substituents is 1. The molecule has 0 saturated carbocycles. The van der Waals surface area contributed by atoms with Gasteiger partial charge in [-0.25, -0.2) is 9.37 Å². The Morgan fingerprint density at radius 3 is 2.74 bits per heavy atom. The van der Waals surface area contributed by atoms with Gasteiger partial charge in [0, 0.05) is 23.4 Å². The molecule has 118 valence electrons. The molecule has 0 fully saturated rings. The average molecular weight is 315 g/mol. The third-order valence-electron chi connectivity index (χ3n) is 3.44. The topological polar surface area (TPSA) is 81.2 Å². The van der Waals surface area contributed by atoms with E-state index in [9.17, 15) is 14.3 Å². The Labute approximate surface area is 130 Å². The van der Waals surface area contributed by atoms with Gasteiger partial charge in [0.25, 0.3) is 5.56 Å². The van der Waals surface area contributed by atoms with Crippen LogP contribution in [0, 0.1) is 19.7 Å². The second-order valence-corrected chi connectivity index (χ2v) is 5.21.